The Hall–Kier alpha value is -3.31. The van der Waals surface area contributed by atoms with Crippen molar-refractivity contribution >= 4 is 11.7 Å². The molecule has 0 aliphatic rings. The molecule has 0 atom stereocenters. The van der Waals surface area contributed by atoms with Crippen LogP contribution in [0.15, 0.2) is 71.4 Å². The fraction of sp³-hybridized carbons (Fsp3) is 0.174. The summed E-state index contributed by atoms with van der Waals surface area (Å²) in [5.74, 6) is 0.726. The van der Waals surface area contributed by atoms with Gasteiger partial charge in [-0.25, -0.2) is 4.98 Å². The molecule has 142 valence electrons. The van der Waals surface area contributed by atoms with Gasteiger partial charge in [0, 0.05) is 29.7 Å². The van der Waals surface area contributed by atoms with E-state index in [1.54, 1.807) is 6.20 Å². The molecule has 0 bridgehead atoms. The highest BCUT2D eigenvalue weighted by molar-refractivity contribution is 5.67. The van der Waals surface area contributed by atoms with Gasteiger partial charge in [0.25, 0.3) is 6.01 Å². The van der Waals surface area contributed by atoms with E-state index < -0.39 is 0 Å². The molecule has 0 aliphatic carbocycles. The number of aromatic nitrogens is 2. The van der Waals surface area contributed by atoms with Crippen LogP contribution in [0.5, 0.6) is 0 Å². The Morgan fingerprint density at radius 3 is 2.64 bits per heavy atom. The van der Waals surface area contributed by atoms with Gasteiger partial charge in [0.05, 0.1) is 12.8 Å². The zero-order valence-corrected chi connectivity index (χ0v) is 16.0. The van der Waals surface area contributed by atoms with E-state index in [1.165, 1.54) is 0 Å². The third kappa shape index (κ3) is 4.00. The molecule has 4 aromatic rings. The number of nitrogens with zero attached hydrogens (tertiary/aromatic N) is 1. The summed E-state index contributed by atoms with van der Waals surface area (Å²) in [4.78, 5) is 7.59. The molecular formula is C23H23N3O2. The van der Waals surface area contributed by atoms with Gasteiger partial charge < -0.3 is 19.5 Å². The number of aryl methyl sites for hydroxylation is 1. The maximum absolute atomic E-state index is 5.92. The number of hydrogen-bond acceptors (Lipinski definition) is 4. The van der Waals surface area contributed by atoms with Crippen molar-refractivity contribution in [2.75, 3.05) is 11.9 Å². The van der Waals surface area contributed by atoms with Gasteiger partial charge in [-0.15, -0.1) is 0 Å². The fourth-order valence-corrected chi connectivity index (χ4v) is 3.02. The highest BCUT2D eigenvalue weighted by Crippen LogP contribution is 2.28. The summed E-state index contributed by atoms with van der Waals surface area (Å²) < 4.78 is 11.4. The number of benzene rings is 2. The first-order valence-corrected chi connectivity index (χ1v) is 9.37. The summed E-state index contributed by atoms with van der Waals surface area (Å²) in [6, 6.07) is 18.9. The first kappa shape index (κ1) is 18.1. The van der Waals surface area contributed by atoms with Crippen LogP contribution >= 0.6 is 0 Å². The molecule has 5 heteroatoms. The zero-order valence-electron chi connectivity index (χ0n) is 16.0. The van der Waals surface area contributed by atoms with E-state index in [4.69, 9.17) is 9.15 Å². The second kappa shape index (κ2) is 8.15. The zero-order chi connectivity index (χ0) is 19.3. The van der Waals surface area contributed by atoms with Crippen molar-refractivity contribution in [2.24, 2.45) is 0 Å². The van der Waals surface area contributed by atoms with E-state index in [2.05, 4.69) is 52.5 Å². The molecule has 0 aliphatic heterocycles. The minimum Gasteiger partial charge on any atom is -0.423 e. The summed E-state index contributed by atoms with van der Waals surface area (Å²) in [6.07, 6.45) is 3.66. The maximum Gasteiger partial charge on any atom is 0.299 e. The Kier molecular flexibility index (Phi) is 5.26. The van der Waals surface area contributed by atoms with Crippen molar-refractivity contribution in [1.82, 2.24) is 9.97 Å². The smallest absolute Gasteiger partial charge is 0.299 e. The van der Waals surface area contributed by atoms with Crippen molar-refractivity contribution in [3.63, 3.8) is 0 Å². The third-order valence-corrected chi connectivity index (χ3v) is 4.60. The second-order valence-corrected chi connectivity index (χ2v) is 6.60. The Morgan fingerprint density at radius 1 is 1.07 bits per heavy atom. The van der Waals surface area contributed by atoms with Crippen LogP contribution in [0.1, 0.15) is 18.1 Å². The van der Waals surface area contributed by atoms with Crippen LogP contribution in [0.4, 0.5) is 11.7 Å². The van der Waals surface area contributed by atoms with Crippen molar-refractivity contribution in [3.8, 4) is 22.6 Å². The molecule has 2 aromatic heterocycles. The average molecular weight is 373 g/mol. The lowest BCUT2D eigenvalue weighted by Gasteiger charge is -2.09. The van der Waals surface area contributed by atoms with Gasteiger partial charge in [-0.1, -0.05) is 36.4 Å². The van der Waals surface area contributed by atoms with Crippen molar-refractivity contribution in [1.29, 1.82) is 0 Å². The molecule has 0 saturated heterocycles. The molecule has 0 spiro atoms. The van der Waals surface area contributed by atoms with E-state index in [1.807, 2.05) is 37.4 Å². The topological polar surface area (TPSA) is 63.1 Å². The first-order valence-electron chi connectivity index (χ1n) is 9.37. The van der Waals surface area contributed by atoms with E-state index in [9.17, 15) is 0 Å². The molecule has 0 saturated carbocycles. The molecule has 2 heterocycles. The van der Waals surface area contributed by atoms with Crippen LogP contribution in [0.25, 0.3) is 22.6 Å². The number of aromatic amines is 1. The molecule has 28 heavy (non-hydrogen) atoms. The molecule has 5 nitrogen and oxygen atoms in total. The summed E-state index contributed by atoms with van der Waals surface area (Å²) in [5, 5.41) is 3.27. The minimum atomic E-state index is 0.472. The van der Waals surface area contributed by atoms with Gasteiger partial charge in [0.1, 0.15) is 0 Å². The van der Waals surface area contributed by atoms with Gasteiger partial charge in [0.15, 0.2) is 5.76 Å². The molecular weight excluding hydrogens is 350 g/mol. The van der Waals surface area contributed by atoms with Crippen LogP contribution in [0, 0.1) is 6.92 Å². The Balaban J connectivity index is 1.50. The lowest BCUT2D eigenvalue weighted by molar-refractivity contribution is 0.134. The molecule has 0 radical (unpaired) electrons. The van der Waals surface area contributed by atoms with Crippen LogP contribution in [-0.2, 0) is 11.3 Å². The summed E-state index contributed by atoms with van der Waals surface area (Å²) in [7, 11) is 0. The highest BCUT2D eigenvalue weighted by Gasteiger charge is 2.09. The number of oxazole rings is 1. The van der Waals surface area contributed by atoms with Crippen molar-refractivity contribution < 1.29 is 9.15 Å². The van der Waals surface area contributed by atoms with Gasteiger partial charge in [0.2, 0.25) is 0 Å². The Labute approximate surface area is 164 Å². The average Bonchev–Trinajstić information content (AvgIpc) is 3.41. The second-order valence-electron chi connectivity index (χ2n) is 6.60. The van der Waals surface area contributed by atoms with Crippen molar-refractivity contribution in [3.05, 3.63) is 78.1 Å². The predicted molar refractivity (Wildman–Crippen MR) is 112 cm³/mol. The standard InChI is InChI=1S/C23H23N3O2/c1-3-27-15-17-7-6-16(2)21(13-17)26-23-25-14-22(28-23)19-10-8-18(9-11-19)20-5-4-12-24-20/h4-14,24H,3,15H2,1-2H3,(H,25,26). The third-order valence-electron chi connectivity index (χ3n) is 4.60. The SMILES string of the molecule is CCOCc1ccc(C)c(Nc2ncc(-c3ccc(-c4ccc[nH]4)cc3)o2)c1. The van der Waals surface area contributed by atoms with Gasteiger partial charge in [-0.2, -0.15) is 0 Å². The van der Waals surface area contributed by atoms with Crippen LogP contribution in [0.2, 0.25) is 0 Å². The first-order chi connectivity index (χ1) is 13.7. The number of anilines is 2. The van der Waals surface area contributed by atoms with E-state index in [-0.39, 0.29) is 0 Å². The quantitative estimate of drug-likeness (QED) is 0.422. The normalized spacial score (nSPS) is 10.9. The van der Waals surface area contributed by atoms with Gasteiger partial charge in [-0.3, -0.25) is 0 Å². The minimum absolute atomic E-state index is 0.472. The monoisotopic (exact) mass is 373 g/mol. The number of H-pyrrole nitrogens is 1. The Bertz CT molecular complexity index is 1030. The molecule has 0 unspecified atom stereocenters. The van der Waals surface area contributed by atoms with Crippen LogP contribution < -0.4 is 5.32 Å². The van der Waals surface area contributed by atoms with E-state index in [0.717, 1.165) is 39.4 Å². The van der Waals surface area contributed by atoms with E-state index in [0.29, 0.717) is 19.2 Å². The number of nitrogens with one attached hydrogen (secondary N) is 2. The molecule has 0 amide bonds. The fourth-order valence-electron chi connectivity index (χ4n) is 3.02. The number of rotatable bonds is 7. The molecule has 0 fully saturated rings. The molecule has 2 aromatic carbocycles. The highest BCUT2D eigenvalue weighted by atomic mass is 16.5. The Morgan fingerprint density at radius 2 is 1.89 bits per heavy atom. The summed E-state index contributed by atoms with van der Waals surface area (Å²) in [6.45, 7) is 5.33. The lowest BCUT2D eigenvalue weighted by Crippen LogP contribution is -1.97. The summed E-state index contributed by atoms with van der Waals surface area (Å²) >= 11 is 0. The largest absolute Gasteiger partial charge is 0.423 e. The number of hydrogen-bond donors (Lipinski definition) is 2. The predicted octanol–water partition coefficient (Wildman–Crippen LogP) is 5.93. The van der Waals surface area contributed by atoms with Crippen molar-refractivity contribution in [2.45, 2.75) is 20.5 Å². The van der Waals surface area contributed by atoms with Crippen LogP contribution in [-0.4, -0.2) is 16.6 Å². The summed E-state index contributed by atoms with van der Waals surface area (Å²) in [5.41, 5.74) is 6.41. The van der Waals surface area contributed by atoms with E-state index >= 15 is 0 Å². The molecule has 2 N–H and O–H groups in total. The van der Waals surface area contributed by atoms with Gasteiger partial charge in [-0.05, 0) is 48.7 Å². The molecule has 4 rings (SSSR count). The van der Waals surface area contributed by atoms with Gasteiger partial charge >= 0.3 is 0 Å². The maximum atomic E-state index is 5.92. The number of ether oxygens (including phenoxy) is 1. The van der Waals surface area contributed by atoms with Crippen LogP contribution in [0.3, 0.4) is 0 Å². The lowest BCUT2D eigenvalue weighted by atomic mass is 10.1.